The SMILES string of the molecule is Cc1cc(-c2cccc(S(C)(=O)=O)c2)cc(C)c1C(=O)O. The average Bonchev–Trinajstić information content (AvgIpc) is 2.36. The Labute approximate surface area is 124 Å². The molecule has 5 heteroatoms. The summed E-state index contributed by atoms with van der Waals surface area (Å²) in [5, 5.41) is 9.18. The third-order valence-corrected chi connectivity index (χ3v) is 4.45. The van der Waals surface area contributed by atoms with Gasteiger partial charge < -0.3 is 5.11 Å². The molecular formula is C16H16O4S. The van der Waals surface area contributed by atoms with Gasteiger partial charge in [-0.05, 0) is 48.2 Å². The maximum absolute atomic E-state index is 11.6. The van der Waals surface area contributed by atoms with E-state index in [4.69, 9.17) is 0 Å². The largest absolute Gasteiger partial charge is 0.478 e. The summed E-state index contributed by atoms with van der Waals surface area (Å²) in [4.78, 5) is 11.4. The lowest BCUT2D eigenvalue weighted by Crippen LogP contribution is -2.03. The highest BCUT2D eigenvalue weighted by molar-refractivity contribution is 7.90. The summed E-state index contributed by atoms with van der Waals surface area (Å²) >= 11 is 0. The van der Waals surface area contributed by atoms with Gasteiger partial charge >= 0.3 is 5.97 Å². The first-order valence-corrected chi connectivity index (χ1v) is 8.24. The van der Waals surface area contributed by atoms with E-state index >= 15 is 0 Å². The topological polar surface area (TPSA) is 71.4 Å². The lowest BCUT2D eigenvalue weighted by molar-refractivity contribution is 0.0695. The van der Waals surface area contributed by atoms with Gasteiger partial charge in [0.15, 0.2) is 9.84 Å². The zero-order valence-corrected chi connectivity index (χ0v) is 12.9. The molecule has 0 fully saturated rings. The molecular weight excluding hydrogens is 288 g/mol. The fourth-order valence-corrected chi connectivity index (χ4v) is 3.04. The van der Waals surface area contributed by atoms with Gasteiger partial charge in [-0.25, -0.2) is 13.2 Å². The molecule has 110 valence electrons. The van der Waals surface area contributed by atoms with Crippen molar-refractivity contribution in [1.29, 1.82) is 0 Å². The minimum Gasteiger partial charge on any atom is -0.478 e. The van der Waals surface area contributed by atoms with Gasteiger partial charge in [-0.15, -0.1) is 0 Å². The molecule has 0 spiro atoms. The van der Waals surface area contributed by atoms with Gasteiger partial charge in [0.1, 0.15) is 0 Å². The summed E-state index contributed by atoms with van der Waals surface area (Å²) in [6.07, 6.45) is 1.16. The van der Waals surface area contributed by atoms with E-state index in [1.54, 1.807) is 44.2 Å². The minimum atomic E-state index is -3.27. The van der Waals surface area contributed by atoms with E-state index in [-0.39, 0.29) is 10.5 Å². The van der Waals surface area contributed by atoms with Crippen LogP contribution in [0.3, 0.4) is 0 Å². The fraction of sp³-hybridized carbons (Fsp3) is 0.188. The van der Waals surface area contributed by atoms with Crippen molar-refractivity contribution in [3.05, 3.63) is 53.1 Å². The van der Waals surface area contributed by atoms with Crippen molar-refractivity contribution in [1.82, 2.24) is 0 Å². The molecule has 0 aliphatic carbocycles. The Bertz CT molecular complexity index is 797. The number of rotatable bonds is 3. The van der Waals surface area contributed by atoms with Crippen LogP contribution in [0.5, 0.6) is 0 Å². The van der Waals surface area contributed by atoms with Gasteiger partial charge in [0.2, 0.25) is 0 Å². The quantitative estimate of drug-likeness (QED) is 0.946. The molecule has 0 bridgehead atoms. The molecule has 2 aromatic rings. The molecule has 1 N–H and O–H groups in total. The monoisotopic (exact) mass is 304 g/mol. The zero-order chi connectivity index (χ0) is 15.8. The minimum absolute atomic E-state index is 0.248. The summed E-state index contributed by atoms with van der Waals surface area (Å²) in [6, 6.07) is 10.2. The summed E-state index contributed by atoms with van der Waals surface area (Å²) in [5.74, 6) is -0.957. The van der Waals surface area contributed by atoms with Crippen LogP contribution >= 0.6 is 0 Å². The molecule has 21 heavy (non-hydrogen) atoms. The van der Waals surface area contributed by atoms with Crippen LogP contribution in [0.2, 0.25) is 0 Å². The smallest absolute Gasteiger partial charge is 0.336 e. The molecule has 0 saturated carbocycles. The van der Waals surface area contributed by atoms with Gasteiger partial charge in [0.25, 0.3) is 0 Å². The van der Waals surface area contributed by atoms with Gasteiger partial charge in [-0.3, -0.25) is 0 Å². The number of carbonyl (C=O) groups is 1. The number of carboxylic acid groups (broad SMARTS) is 1. The fourth-order valence-electron chi connectivity index (χ4n) is 2.37. The van der Waals surface area contributed by atoms with Gasteiger partial charge in [-0.2, -0.15) is 0 Å². The normalized spacial score (nSPS) is 11.4. The second kappa shape index (κ2) is 5.33. The molecule has 0 aromatic heterocycles. The highest BCUT2D eigenvalue weighted by Crippen LogP contribution is 2.27. The zero-order valence-electron chi connectivity index (χ0n) is 12.0. The molecule has 0 unspecified atom stereocenters. The van der Waals surface area contributed by atoms with Crippen molar-refractivity contribution in [2.45, 2.75) is 18.7 Å². The third kappa shape index (κ3) is 3.13. The summed E-state index contributed by atoms with van der Waals surface area (Å²) in [7, 11) is -3.27. The molecule has 4 nitrogen and oxygen atoms in total. The number of aromatic carboxylic acids is 1. The van der Waals surface area contributed by atoms with Crippen molar-refractivity contribution in [3.8, 4) is 11.1 Å². The van der Waals surface area contributed by atoms with Crippen molar-refractivity contribution in [2.24, 2.45) is 0 Å². The van der Waals surface area contributed by atoms with Gasteiger partial charge in [0, 0.05) is 6.26 Å². The van der Waals surface area contributed by atoms with Crippen LogP contribution in [-0.2, 0) is 9.84 Å². The Morgan fingerprint density at radius 1 is 1.00 bits per heavy atom. The number of aryl methyl sites for hydroxylation is 2. The van der Waals surface area contributed by atoms with Crippen molar-refractivity contribution in [2.75, 3.05) is 6.26 Å². The lowest BCUT2D eigenvalue weighted by Gasteiger charge is -2.10. The predicted molar refractivity (Wildman–Crippen MR) is 81.4 cm³/mol. The molecule has 0 aliphatic rings. The van der Waals surface area contributed by atoms with E-state index in [0.717, 1.165) is 17.4 Å². The number of hydrogen-bond donors (Lipinski definition) is 1. The third-order valence-electron chi connectivity index (χ3n) is 3.34. The first kappa shape index (κ1) is 15.3. The lowest BCUT2D eigenvalue weighted by atomic mass is 9.96. The molecule has 2 rings (SSSR count). The van der Waals surface area contributed by atoms with Crippen LogP contribution in [0.25, 0.3) is 11.1 Å². The summed E-state index contributed by atoms with van der Waals surface area (Å²) < 4.78 is 23.2. The van der Waals surface area contributed by atoms with Crippen molar-refractivity contribution >= 4 is 15.8 Å². The number of benzene rings is 2. The summed E-state index contributed by atoms with van der Waals surface area (Å²) in [6.45, 7) is 3.47. The Balaban J connectivity index is 2.61. The van der Waals surface area contributed by atoms with E-state index in [9.17, 15) is 18.3 Å². The van der Waals surface area contributed by atoms with Gasteiger partial charge in [-0.1, -0.05) is 24.3 Å². The number of carboxylic acids is 1. The Hall–Kier alpha value is -2.14. The molecule has 0 heterocycles. The molecule has 0 aliphatic heterocycles. The Morgan fingerprint density at radius 2 is 1.57 bits per heavy atom. The maximum Gasteiger partial charge on any atom is 0.336 e. The molecule has 0 amide bonds. The van der Waals surface area contributed by atoms with Crippen molar-refractivity contribution in [3.63, 3.8) is 0 Å². The molecule has 2 aromatic carbocycles. The first-order chi connectivity index (χ1) is 9.70. The second-order valence-corrected chi connectivity index (χ2v) is 7.11. The van der Waals surface area contributed by atoms with Crippen LogP contribution in [0.15, 0.2) is 41.3 Å². The van der Waals surface area contributed by atoms with Crippen LogP contribution < -0.4 is 0 Å². The van der Waals surface area contributed by atoms with E-state index in [0.29, 0.717) is 11.1 Å². The highest BCUT2D eigenvalue weighted by atomic mass is 32.2. The van der Waals surface area contributed by atoms with Crippen molar-refractivity contribution < 1.29 is 18.3 Å². The Kier molecular flexibility index (Phi) is 3.87. The highest BCUT2D eigenvalue weighted by Gasteiger charge is 2.14. The molecule has 0 saturated heterocycles. The predicted octanol–water partition coefficient (Wildman–Crippen LogP) is 3.07. The van der Waals surface area contributed by atoms with Crippen LogP contribution in [0.4, 0.5) is 0 Å². The van der Waals surface area contributed by atoms with Crippen LogP contribution in [0.1, 0.15) is 21.5 Å². The van der Waals surface area contributed by atoms with E-state index in [1.807, 2.05) is 6.07 Å². The molecule has 0 atom stereocenters. The van der Waals surface area contributed by atoms with Gasteiger partial charge in [0.05, 0.1) is 10.5 Å². The van der Waals surface area contributed by atoms with Crippen LogP contribution in [-0.4, -0.2) is 25.7 Å². The second-order valence-electron chi connectivity index (χ2n) is 5.09. The molecule has 0 radical (unpaired) electrons. The van der Waals surface area contributed by atoms with E-state index in [1.165, 1.54) is 0 Å². The standard InChI is InChI=1S/C16H16O4S/c1-10-7-13(8-11(2)15(10)16(17)18)12-5-4-6-14(9-12)21(3,19)20/h4-9H,1-3H3,(H,17,18). The van der Waals surface area contributed by atoms with E-state index in [2.05, 4.69) is 0 Å². The van der Waals surface area contributed by atoms with Crippen LogP contribution in [0, 0.1) is 13.8 Å². The Morgan fingerprint density at radius 3 is 2.05 bits per heavy atom. The number of sulfone groups is 1. The average molecular weight is 304 g/mol. The maximum atomic E-state index is 11.6. The van der Waals surface area contributed by atoms with E-state index < -0.39 is 15.8 Å². The first-order valence-electron chi connectivity index (χ1n) is 6.35. The summed E-state index contributed by atoms with van der Waals surface area (Å²) in [5.41, 5.74) is 3.16. The number of hydrogen-bond acceptors (Lipinski definition) is 3.